The molecule has 1 aliphatic rings. The summed E-state index contributed by atoms with van der Waals surface area (Å²) in [6.07, 6.45) is 5.56. The van der Waals surface area contributed by atoms with E-state index in [0.29, 0.717) is 6.42 Å². The SMILES string of the molecule is C=CCC(N)C(=O)NC1(C)CCC1. The molecule has 3 heteroatoms. The Kier molecular flexibility index (Phi) is 3.09. The van der Waals surface area contributed by atoms with Crippen molar-refractivity contribution in [1.29, 1.82) is 0 Å². The van der Waals surface area contributed by atoms with Crippen LogP contribution in [-0.4, -0.2) is 17.5 Å². The lowest BCUT2D eigenvalue weighted by atomic mass is 9.78. The summed E-state index contributed by atoms with van der Waals surface area (Å²) in [5.41, 5.74) is 5.64. The monoisotopic (exact) mass is 182 g/mol. The second kappa shape index (κ2) is 3.92. The first kappa shape index (κ1) is 10.3. The zero-order valence-electron chi connectivity index (χ0n) is 8.18. The predicted molar refractivity (Wildman–Crippen MR) is 53.2 cm³/mol. The highest BCUT2D eigenvalue weighted by atomic mass is 16.2. The van der Waals surface area contributed by atoms with Gasteiger partial charge in [0.15, 0.2) is 0 Å². The second-order valence-electron chi connectivity index (χ2n) is 4.03. The van der Waals surface area contributed by atoms with Crippen LogP contribution < -0.4 is 11.1 Å². The van der Waals surface area contributed by atoms with Gasteiger partial charge in [0.05, 0.1) is 6.04 Å². The molecule has 3 N–H and O–H groups in total. The van der Waals surface area contributed by atoms with E-state index in [1.807, 2.05) is 0 Å². The Morgan fingerprint density at radius 3 is 2.77 bits per heavy atom. The average Bonchev–Trinajstić information content (AvgIpc) is 2.02. The third kappa shape index (κ3) is 2.56. The maximum Gasteiger partial charge on any atom is 0.237 e. The van der Waals surface area contributed by atoms with E-state index < -0.39 is 6.04 Å². The van der Waals surface area contributed by atoms with Gasteiger partial charge in [-0.15, -0.1) is 6.58 Å². The molecule has 1 aliphatic carbocycles. The molecule has 0 spiro atoms. The Labute approximate surface area is 79.4 Å². The molecule has 0 aromatic rings. The van der Waals surface area contributed by atoms with Crippen LogP contribution in [0.5, 0.6) is 0 Å². The molecule has 1 unspecified atom stereocenters. The van der Waals surface area contributed by atoms with Gasteiger partial charge in [-0.25, -0.2) is 0 Å². The maximum absolute atomic E-state index is 11.5. The van der Waals surface area contributed by atoms with E-state index in [-0.39, 0.29) is 11.4 Å². The first-order valence-electron chi connectivity index (χ1n) is 4.76. The molecule has 0 aromatic carbocycles. The van der Waals surface area contributed by atoms with E-state index in [1.54, 1.807) is 6.08 Å². The van der Waals surface area contributed by atoms with Gasteiger partial charge in [0.25, 0.3) is 0 Å². The van der Waals surface area contributed by atoms with Gasteiger partial charge in [0.2, 0.25) is 5.91 Å². The normalized spacial score (nSPS) is 21.4. The van der Waals surface area contributed by atoms with Crippen LogP contribution in [0.3, 0.4) is 0 Å². The van der Waals surface area contributed by atoms with Crippen molar-refractivity contribution in [3.63, 3.8) is 0 Å². The standard InChI is InChI=1S/C10H18N2O/c1-3-5-8(11)9(13)12-10(2)6-4-7-10/h3,8H,1,4-7,11H2,2H3,(H,12,13). The fraction of sp³-hybridized carbons (Fsp3) is 0.700. The minimum absolute atomic E-state index is 0.00979. The molecule has 0 aliphatic heterocycles. The number of carbonyl (C=O) groups is 1. The largest absolute Gasteiger partial charge is 0.350 e. The second-order valence-corrected chi connectivity index (χ2v) is 4.03. The third-order valence-corrected chi connectivity index (χ3v) is 2.64. The van der Waals surface area contributed by atoms with E-state index in [1.165, 1.54) is 6.42 Å². The molecular formula is C10H18N2O. The van der Waals surface area contributed by atoms with Gasteiger partial charge in [-0.1, -0.05) is 6.08 Å². The van der Waals surface area contributed by atoms with Gasteiger partial charge < -0.3 is 11.1 Å². The molecule has 1 saturated carbocycles. The van der Waals surface area contributed by atoms with Gasteiger partial charge in [0, 0.05) is 5.54 Å². The summed E-state index contributed by atoms with van der Waals surface area (Å²) in [6.45, 7) is 5.62. The number of nitrogens with two attached hydrogens (primary N) is 1. The van der Waals surface area contributed by atoms with Crippen molar-refractivity contribution in [3.8, 4) is 0 Å². The topological polar surface area (TPSA) is 55.1 Å². The molecule has 1 rings (SSSR count). The van der Waals surface area contributed by atoms with Crippen LogP contribution >= 0.6 is 0 Å². The summed E-state index contributed by atoms with van der Waals surface area (Å²) in [5.74, 6) is -0.0536. The summed E-state index contributed by atoms with van der Waals surface area (Å²) in [7, 11) is 0. The number of carbonyl (C=O) groups excluding carboxylic acids is 1. The Morgan fingerprint density at radius 2 is 2.38 bits per heavy atom. The van der Waals surface area contributed by atoms with Crippen molar-refractivity contribution in [2.45, 2.75) is 44.2 Å². The fourth-order valence-corrected chi connectivity index (χ4v) is 1.51. The summed E-state index contributed by atoms with van der Waals surface area (Å²) in [5, 5.41) is 2.97. The molecule has 0 saturated heterocycles. The van der Waals surface area contributed by atoms with Crippen molar-refractivity contribution >= 4 is 5.91 Å². The molecule has 0 bridgehead atoms. The Hall–Kier alpha value is -0.830. The van der Waals surface area contributed by atoms with Crippen LogP contribution in [0.2, 0.25) is 0 Å². The predicted octanol–water partition coefficient (Wildman–Crippen LogP) is 0.949. The maximum atomic E-state index is 11.5. The molecule has 0 heterocycles. The lowest BCUT2D eigenvalue weighted by Gasteiger charge is -2.39. The van der Waals surface area contributed by atoms with Gasteiger partial charge in [-0.05, 0) is 32.6 Å². The number of hydrogen-bond acceptors (Lipinski definition) is 2. The van der Waals surface area contributed by atoms with Crippen LogP contribution in [0.15, 0.2) is 12.7 Å². The van der Waals surface area contributed by atoms with E-state index in [9.17, 15) is 4.79 Å². The van der Waals surface area contributed by atoms with Gasteiger partial charge in [-0.2, -0.15) is 0 Å². The molecule has 3 nitrogen and oxygen atoms in total. The minimum atomic E-state index is -0.435. The average molecular weight is 182 g/mol. The van der Waals surface area contributed by atoms with Gasteiger partial charge >= 0.3 is 0 Å². The van der Waals surface area contributed by atoms with Crippen molar-refractivity contribution in [3.05, 3.63) is 12.7 Å². The fourth-order valence-electron chi connectivity index (χ4n) is 1.51. The number of nitrogens with one attached hydrogen (secondary N) is 1. The van der Waals surface area contributed by atoms with Crippen LogP contribution in [0, 0.1) is 0 Å². The summed E-state index contributed by atoms with van der Waals surface area (Å²) in [6, 6.07) is -0.435. The lowest BCUT2D eigenvalue weighted by Crippen LogP contribution is -2.55. The van der Waals surface area contributed by atoms with Crippen molar-refractivity contribution in [2.24, 2.45) is 5.73 Å². The summed E-state index contributed by atoms with van der Waals surface area (Å²) >= 11 is 0. The number of rotatable bonds is 4. The Balaban J connectivity index is 2.35. The number of hydrogen-bond donors (Lipinski definition) is 2. The van der Waals surface area contributed by atoms with Crippen molar-refractivity contribution in [1.82, 2.24) is 5.32 Å². The summed E-state index contributed by atoms with van der Waals surface area (Å²) < 4.78 is 0. The van der Waals surface area contributed by atoms with E-state index in [4.69, 9.17) is 5.73 Å². The zero-order chi connectivity index (χ0) is 9.90. The summed E-state index contributed by atoms with van der Waals surface area (Å²) in [4.78, 5) is 11.5. The quantitative estimate of drug-likeness (QED) is 0.636. The van der Waals surface area contributed by atoms with E-state index in [0.717, 1.165) is 12.8 Å². The molecule has 74 valence electrons. The van der Waals surface area contributed by atoms with Crippen LogP contribution in [0.1, 0.15) is 32.6 Å². The molecule has 1 fully saturated rings. The highest BCUT2D eigenvalue weighted by molar-refractivity contribution is 5.82. The first-order valence-corrected chi connectivity index (χ1v) is 4.76. The van der Waals surface area contributed by atoms with Crippen LogP contribution in [0.25, 0.3) is 0 Å². The lowest BCUT2D eigenvalue weighted by molar-refractivity contribution is -0.125. The highest BCUT2D eigenvalue weighted by Gasteiger charge is 2.33. The smallest absolute Gasteiger partial charge is 0.237 e. The molecule has 1 amide bonds. The Morgan fingerprint density at radius 1 is 1.77 bits per heavy atom. The Bertz CT molecular complexity index is 209. The van der Waals surface area contributed by atoms with Crippen LogP contribution in [-0.2, 0) is 4.79 Å². The molecule has 0 radical (unpaired) electrons. The minimum Gasteiger partial charge on any atom is -0.350 e. The van der Waals surface area contributed by atoms with Crippen molar-refractivity contribution in [2.75, 3.05) is 0 Å². The highest BCUT2D eigenvalue weighted by Crippen LogP contribution is 2.30. The molecular weight excluding hydrogens is 164 g/mol. The third-order valence-electron chi connectivity index (χ3n) is 2.64. The van der Waals surface area contributed by atoms with Gasteiger partial charge in [-0.3, -0.25) is 4.79 Å². The van der Waals surface area contributed by atoms with Crippen LogP contribution in [0.4, 0.5) is 0 Å². The zero-order valence-corrected chi connectivity index (χ0v) is 8.18. The first-order chi connectivity index (χ1) is 6.07. The number of amides is 1. The van der Waals surface area contributed by atoms with Crippen molar-refractivity contribution < 1.29 is 4.79 Å². The van der Waals surface area contributed by atoms with E-state index >= 15 is 0 Å². The molecule has 1 atom stereocenters. The molecule has 0 aromatic heterocycles. The molecule has 13 heavy (non-hydrogen) atoms. The van der Waals surface area contributed by atoms with E-state index in [2.05, 4.69) is 18.8 Å². The van der Waals surface area contributed by atoms with Gasteiger partial charge in [0.1, 0.15) is 0 Å².